The Labute approximate surface area is 243 Å². The molecule has 41 heavy (non-hydrogen) atoms. The first-order chi connectivity index (χ1) is 19.3. The number of H-pyrrole nitrogens is 1. The molecule has 0 aromatic carbocycles. The number of hydrogen-bond acceptors (Lipinski definition) is 4. The molecule has 0 aliphatic heterocycles. The average Bonchev–Trinajstić information content (AvgIpc) is 3.41. The molecule has 0 unspecified atom stereocenters. The van der Waals surface area contributed by atoms with E-state index in [-0.39, 0.29) is 0 Å². The minimum absolute atomic E-state index is 0.306. The molecule has 0 radical (unpaired) electrons. The van der Waals surface area contributed by atoms with Crippen molar-refractivity contribution in [3.8, 4) is 11.4 Å². The number of aliphatic hydroxyl groups is 1. The second-order valence-electron chi connectivity index (χ2n) is 11.5. The van der Waals surface area contributed by atoms with Gasteiger partial charge in [0, 0.05) is 30.6 Å². The SMILES string of the molecule is C=CC/C=C\c1[nH]c(-c2nc(C(CCC)CCC)n3ccnc(N)c23)cc1C.CC(C)CO.CC1(C(F)(F)F)CC1. The minimum Gasteiger partial charge on any atom is -0.396 e. The van der Waals surface area contributed by atoms with Crippen molar-refractivity contribution in [2.24, 2.45) is 11.3 Å². The van der Waals surface area contributed by atoms with Gasteiger partial charge in [0.2, 0.25) is 0 Å². The van der Waals surface area contributed by atoms with Gasteiger partial charge in [-0.25, -0.2) is 9.97 Å². The van der Waals surface area contributed by atoms with Crippen LogP contribution in [0.4, 0.5) is 19.0 Å². The number of nitrogen functional groups attached to an aromatic ring is 1. The maximum Gasteiger partial charge on any atom is 0.394 e. The van der Waals surface area contributed by atoms with Crippen molar-refractivity contribution >= 4 is 17.4 Å². The summed E-state index contributed by atoms with van der Waals surface area (Å²) < 4.78 is 37.0. The molecule has 3 aromatic rings. The Hall–Kier alpha value is -3.07. The van der Waals surface area contributed by atoms with E-state index in [0.717, 1.165) is 60.5 Å². The molecule has 0 spiro atoms. The third-order valence-corrected chi connectivity index (χ3v) is 7.20. The number of aryl methyl sites for hydroxylation is 1. The van der Waals surface area contributed by atoms with Crippen molar-refractivity contribution in [2.45, 2.75) is 98.6 Å². The van der Waals surface area contributed by atoms with Crippen LogP contribution in [0.1, 0.15) is 103 Å². The summed E-state index contributed by atoms with van der Waals surface area (Å²) >= 11 is 0. The molecule has 9 heteroatoms. The van der Waals surface area contributed by atoms with E-state index in [0.29, 0.717) is 37.1 Å². The number of nitrogens with one attached hydrogen (secondary N) is 1. The van der Waals surface area contributed by atoms with E-state index >= 15 is 0 Å². The van der Waals surface area contributed by atoms with E-state index in [1.54, 1.807) is 6.20 Å². The number of alkyl halides is 3. The summed E-state index contributed by atoms with van der Waals surface area (Å²) in [6, 6.07) is 2.14. The summed E-state index contributed by atoms with van der Waals surface area (Å²) in [5, 5.41) is 8.14. The van der Waals surface area contributed by atoms with E-state index in [2.05, 4.69) is 59.9 Å². The van der Waals surface area contributed by atoms with Crippen LogP contribution in [-0.2, 0) is 0 Å². The highest BCUT2D eigenvalue weighted by molar-refractivity contribution is 5.85. The summed E-state index contributed by atoms with van der Waals surface area (Å²) in [5.74, 6) is 2.45. The van der Waals surface area contributed by atoms with Gasteiger partial charge >= 0.3 is 6.18 Å². The molecule has 4 N–H and O–H groups in total. The quantitative estimate of drug-likeness (QED) is 0.211. The molecule has 4 rings (SSSR count). The molecule has 1 aliphatic carbocycles. The average molecular weight is 576 g/mol. The number of halogens is 3. The number of anilines is 1. The molecule has 228 valence electrons. The first kappa shape index (κ1) is 34.1. The van der Waals surface area contributed by atoms with Crippen LogP contribution in [0.5, 0.6) is 0 Å². The second kappa shape index (κ2) is 15.2. The molecule has 0 amide bonds. The van der Waals surface area contributed by atoms with E-state index in [1.165, 1.54) is 12.5 Å². The maximum atomic E-state index is 11.6. The fourth-order valence-corrected chi connectivity index (χ4v) is 4.29. The molecule has 6 nitrogen and oxygen atoms in total. The van der Waals surface area contributed by atoms with E-state index in [9.17, 15) is 13.2 Å². The third-order valence-electron chi connectivity index (χ3n) is 7.20. The molecule has 1 fully saturated rings. The molecular formula is C32H48F3N5O. The van der Waals surface area contributed by atoms with Crippen LogP contribution in [0.15, 0.2) is 37.2 Å². The Morgan fingerprint density at radius 3 is 2.29 bits per heavy atom. The summed E-state index contributed by atoms with van der Waals surface area (Å²) in [5.41, 5.74) is 9.98. The Kier molecular flexibility index (Phi) is 12.7. The van der Waals surface area contributed by atoms with Crippen LogP contribution in [0, 0.1) is 18.3 Å². The van der Waals surface area contributed by atoms with Gasteiger partial charge in [-0.2, -0.15) is 13.2 Å². The van der Waals surface area contributed by atoms with E-state index in [4.69, 9.17) is 15.8 Å². The van der Waals surface area contributed by atoms with Crippen molar-refractivity contribution in [1.29, 1.82) is 0 Å². The Bertz CT molecular complexity index is 1260. The zero-order chi connectivity index (χ0) is 30.8. The number of aliphatic hydroxyl groups excluding tert-OH is 1. The van der Waals surface area contributed by atoms with Gasteiger partial charge in [0.15, 0.2) is 0 Å². The molecule has 1 aliphatic rings. The lowest BCUT2D eigenvalue weighted by molar-refractivity contribution is -0.181. The number of nitrogens with two attached hydrogens (primary N) is 1. The van der Waals surface area contributed by atoms with Gasteiger partial charge in [0.25, 0.3) is 0 Å². The highest BCUT2D eigenvalue weighted by Crippen LogP contribution is 2.56. The van der Waals surface area contributed by atoms with Crippen molar-refractivity contribution in [3.05, 3.63) is 54.3 Å². The Morgan fingerprint density at radius 2 is 1.83 bits per heavy atom. The zero-order valence-corrected chi connectivity index (χ0v) is 25.5. The number of aromatic nitrogens is 4. The topological polar surface area (TPSA) is 92.2 Å². The lowest BCUT2D eigenvalue weighted by Gasteiger charge is -2.14. The molecule has 0 saturated heterocycles. The predicted molar refractivity (Wildman–Crippen MR) is 164 cm³/mol. The number of hydrogen-bond donors (Lipinski definition) is 3. The fourth-order valence-electron chi connectivity index (χ4n) is 4.29. The van der Waals surface area contributed by atoms with Crippen LogP contribution in [0.2, 0.25) is 0 Å². The van der Waals surface area contributed by atoms with Gasteiger partial charge in [0.1, 0.15) is 22.9 Å². The molecule has 3 heterocycles. The summed E-state index contributed by atoms with van der Waals surface area (Å²) in [6.45, 7) is 15.8. The summed E-state index contributed by atoms with van der Waals surface area (Å²) in [7, 11) is 0. The maximum absolute atomic E-state index is 11.6. The van der Waals surface area contributed by atoms with Crippen LogP contribution < -0.4 is 5.73 Å². The summed E-state index contributed by atoms with van der Waals surface area (Å²) in [6.07, 6.45) is 11.9. The van der Waals surface area contributed by atoms with Crippen molar-refractivity contribution in [3.63, 3.8) is 0 Å². The number of fused-ring (bicyclic) bond motifs is 1. The van der Waals surface area contributed by atoms with Crippen LogP contribution in [-0.4, -0.2) is 37.2 Å². The highest BCUT2D eigenvalue weighted by atomic mass is 19.4. The minimum atomic E-state index is -3.95. The number of allylic oxidation sites excluding steroid dienone is 2. The van der Waals surface area contributed by atoms with Crippen LogP contribution >= 0.6 is 0 Å². The van der Waals surface area contributed by atoms with Gasteiger partial charge in [-0.3, -0.25) is 4.40 Å². The number of imidazole rings is 1. The van der Waals surface area contributed by atoms with E-state index < -0.39 is 11.6 Å². The molecule has 1 saturated carbocycles. The first-order valence-corrected chi connectivity index (χ1v) is 14.6. The van der Waals surface area contributed by atoms with Crippen LogP contribution in [0.25, 0.3) is 23.0 Å². The van der Waals surface area contributed by atoms with Gasteiger partial charge < -0.3 is 15.8 Å². The van der Waals surface area contributed by atoms with Crippen molar-refractivity contribution in [2.75, 3.05) is 12.3 Å². The first-order valence-electron chi connectivity index (χ1n) is 14.6. The predicted octanol–water partition coefficient (Wildman–Crippen LogP) is 8.87. The third kappa shape index (κ3) is 9.21. The molecule has 3 aromatic heterocycles. The molecule has 0 atom stereocenters. The van der Waals surface area contributed by atoms with Crippen LogP contribution in [0.3, 0.4) is 0 Å². The lowest BCUT2D eigenvalue weighted by atomic mass is 9.97. The molecular weight excluding hydrogens is 527 g/mol. The molecule has 0 bridgehead atoms. The van der Waals surface area contributed by atoms with Crippen molar-refractivity contribution in [1.82, 2.24) is 19.4 Å². The van der Waals surface area contributed by atoms with Gasteiger partial charge in [0.05, 0.1) is 11.1 Å². The van der Waals surface area contributed by atoms with Crippen molar-refractivity contribution < 1.29 is 18.3 Å². The summed E-state index contributed by atoms with van der Waals surface area (Å²) in [4.78, 5) is 12.9. The fraction of sp³-hybridized carbons (Fsp3) is 0.562. The standard InChI is InChI=1S/C23H31N5.C5H7F3.C4H10O/c1-5-8-9-12-18-16(4)15-19(26-18)20-21-22(24)25-13-14-28(21)23(27-20)17(10-6-2)11-7-3;1-4(2-3-4)5(6,7)8;1-4(2)3-5/h5,9,12-15,17,26H,1,6-8,10-11H2,2-4H3,(H2,24,25);2-3H2,1H3;4-5H,3H2,1-2H3/b12-9-;;. The highest BCUT2D eigenvalue weighted by Gasteiger charge is 2.59. The van der Waals surface area contributed by atoms with Gasteiger partial charge in [-0.1, -0.05) is 59.6 Å². The number of rotatable bonds is 10. The van der Waals surface area contributed by atoms with Gasteiger partial charge in [-0.05, 0) is 62.7 Å². The van der Waals surface area contributed by atoms with Gasteiger partial charge in [-0.15, -0.1) is 6.58 Å². The second-order valence-corrected chi connectivity index (χ2v) is 11.5. The largest absolute Gasteiger partial charge is 0.396 e. The number of aromatic amines is 1. The monoisotopic (exact) mass is 575 g/mol. The van der Waals surface area contributed by atoms with E-state index in [1.807, 2.05) is 26.1 Å². The number of nitrogens with zero attached hydrogens (tertiary/aromatic N) is 3. The normalized spacial score (nSPS) is 14.2. The lowest BCUT2D eigenvalue weighted by Crippen LogP contribution is -2.20. The Balaban J connectivity index is 0.000000373. The zero-order valence-electron chi connectivity index (χ0n) is 25.5. The Morgan fingerprint density at radius 1 is 1.22 bits per heavy atom. The smallest absolute Gasteiger partial charge is 0.394 e.